The lowest BCUT2D eigenvalue weighted by Gasteiger charge is -2.11. The van der Waals surface area contributed by atoms with E-state index >= 15 is 0 Å². The SMILES string of the molecule is N=C(N)Nc1ccc(C(=O)Oc2ccc(-c3ccccc3)c(C(N)=O)c2)cc1. The van der Waals surface area contributed by atoms with Gasteiger partial charge >= 0.3 is 5.97 Å². The van der Waals surface area contributed by atoms with Crippen LogP contribution < -0.4 is 21.5 Å². The third-order valence-corrected chi connectivity index (χ3v) is 3.95. The predicted molar refractivity (Wildman–Crippen MR) is 107 cm³/mol. The van der Waals surface area contributed by atoms with E-state index in [2.05, 4.69) is 5.32 Å². The Morgan fingerprint density at radius 2 is 1.57 bits per heavy atom. The number of nitrogens with two attached hydrogens (primary N) is 2. The molecule has 0 bridgehead atoms. The zero-order valence-electron chi connectivity index (χ0n) is 14.8. The van der Waals surface area contributed by atoms with Crippen LogP contribution in [0.2, 0.25) is 0 Å². The van der Waals surface area contributed by atoms with Gasteiger partial charge in [0.2, 0.25) is 5.91 Å². The zero-order valence-corrected chi connectivity index (χ0v) is 14.8. The molecule has 7 heteroatoms. The predicted octanol–water partition coefficient (Wildman–Crippen LogP) is 2.98. The van der Waals surface area contributed by atoms with E-state index in [1.165, 1.54) is 6.07 Å². The van der Waals surface area contributed by atoms with Crippen LogP contribution in [0.3, 0.4) is 0 Å². The molecule has 1 amide bonds. The fraction of sp³-hybridized carbons (Fsp3) is 0. The number of esters is 1. The summed E-state index contributed by atoms with van der Waals surface area (Å²) < 4.78 is 5.37. The molecule has 0 saturated heterocycles. The van der Waals surface area contributed by atoms with Gasteiger partial charge in [-0.25, -0.2) is 4.79 Å². The fourth-order valence-electron chi connectivity index (χ4n) is 2.67. The summed E-state index contributed by atoms with van der Waals surface area (Å²) >= 11 is 0. The highest BCUT2D eigenvalue weighted by atomic mass is 16.5. The number of hydrogen-bond acceptors (Lipinski definition) is 4. The molecular formula is C21H18N4O3. The number of ether oxygens (including phenoxy) is 1. The van der Waals surface area contributed by atoms with Gasteiger partial charge in [-0.3, -0.25) is 10.2 Å². The van der Waals surface area contributed by atoms with Crippen LogP contribution in [0.5, 0.6) is 5.75 Å². The molecule has 7 nitrogen and oxygen atoms in total. The van der Waals surface area contributed by atoms with Gasteiger partial charge in [0.15, 0.2) is 5.96 Å². The summed E-state index contributed by atoms with van der Waals surface area (Å²) in [6, 6.07) is 20.4. The highest BCUT2D eigenvalue weighted by Crippen LogP contribution is 2.27. The van der Waals surface area contributed by atoms with Gasteiger partial charge in [0, 0.05) is 5.69 Å². The molecule has 3 aromatic rings. The Bertz CT molecular complexity index is 1030. The summed E-state index contributed by atoms with van der Waals surface area (Å²) in [5, 5.41) is 9.81. The van der Waals surface area contributed by atoms with Crippen LogP contribution in [0, 0.1) is 5.41 Å². The van der Waals surface area contributed by atoms with Crippen molar-refractivity contribution in [2.24, 2.45) is 11.5 Å². The Hall–Kier alpha value is -4.13. The van der Waals surface area contributed by atoms with Crippen molar-refractivity contribution in [3.8, 4) is 16.9 Å². The summed E-state index contributed by atoms with van der Waals surface area (Å²) in [4.78, 5) is 24.2. The van der Waals surface area contributed by atoms with Gasteiger partial charge in [-0.15, -0.1) is 0 Å². The number of amides is 1. The number of hydrogen-bond donors (Lipinski definition) is 4. The molecule has 0 aliphatic rings. The molecule has 0 spiro atoms. The molecule has 0 aliphatic carbocycles. The van der Waals surface area contributed by atoms with Crippen molar-refractivity contribution in [3.63, 3.8) is 0 Å². The van der Waals surface area contributed by atoms with Crippen LogP contribution in [0.1, 0.15) is 20.7 Å². The standard InChI is InChI=1S/C21H18N4O3/c22-19(26)18-12-16(10-11-17(18)13-4-2-1-3-5-13)28-20(27)14-6-8-15(9-7-14)25-21(23)24/h1-12H,(H2,22,26)(H4,23,24,25). The largest absolute Gasteiger partial charge is 0.423 e. The quantitative estimate of drug-likeness (QED) is 0.236. The van der Waals surface area contributed by atoms with E-state index in [4.69, 9.17) is 21.6 Å². The summed E-state index contributed by atoms with van der Waals surface area (Å²) in [5.74, 6) is -1.19. The van der Waals surface area contributed by atoms with Crippen molar-refractivity contribution >= 4 is 23.5 Å². The van der Waals surface area contributed by atoms with E-state index < -0.39 is 11.9 Å². The van der Waals surface area contributed by atoms with E-state index in [0.29, 0.717) is 16.8 Å². The number of carbonyl (C=O) groups is 2. The minimum Gasteiger partial charge on any atom is -0.423 e. The maximum absolute atomic E-state index is 12.4. The molecule has 0 heterocycles. The minimum atomic E-state index is -0.614. The van der Waals surface area contributed by atoms with Crippen molar-refractivity contribution in [1.82, 2.24) is 0 Å². The van der Waals surface area contributed by atoms with Crippen LogP contribution in [-0.2, 0) is 0 Å². The van der Waals surface area contributed by atoms with Crippen LogP contribution >= 0.6 is 0 Å². The Kier molecular flexibility index (Phi) is 5.36. The summed E-state index contributed by atoms with van der Waals surface area (Å²) in [6.07, 6.45) is 0. The highest BCUT2D eigenvalue weighted by molar-refractivity contribution is 6.00. The minimum absolute atomic E-state index is 0.201. The molecule has 0 saturated carbocycles. The van der Waals surface area contributed by atoms with Crippen LogP contribution in [0.4, 0.5) is 5.69 Å². The molecular weight excluding hydrogens is 356 g/mol. The molecule has 3 rings (SSSR count). The number of primary amides is 1. The van der Waals surface area contributed by atoms with E-state index in [9.17, 15) is 9.59 Å². The lowest BCUT2D eigenvalue weighted by molar-refractivity contribution is 0.0733. The van der Waals surface area contributed by atoms with Gasteiger partial charge in [-0.05, 0) is 53.6 Å². The average Bonchev–Trinajstić information content (AvgIpc) is 2.68. The van der Waals surface area contributed by atoms with E-state index in [1.807, 2.05) is 30.3 Å². The summed E-state index contributed by atoms with van der Waals surface area (Å²) in [6.45, 7) is 0. The van der Waals surface area contributed by atoms with Crippen molar-refractivity contribution < 1.29 is 14.3 Å². The topological polar surface area (TPSA) is 131 Å². The molecule has 0 atom stereocenters. The third kappa shape index (κ3) is 4.34. The van der Waals surface area contributed by atoms with Crippen molar-refractivity contribution in [3.05, 3.63) is 83.9 Å². The first kappa shape index (κ1) is 18.7. The molecule has 6 N–H and O–H groups in total. The van der Waals surface area contributed by atoms with E-state index in [1.54, 1.807) is 36.4 Å². The van der Waals surface area contributed by atoms with Gasteiger partial charge in [0.05, 0.1) is 11.1 Å². The van der Waals surface area contributed by atoms with Crippen molar-refractivity contribution in [2.75, 3.05) is 5.32 Å². The number of benzene rings is 3. The smallest absolute Gasteiger partial charge is 0.343 e. The zero-order chi connectivity index (χ0) is 20.1. The third-order valence-electron chi connectivity index (χ3n) is 3.95. The lowest BCUT2D eigenvalue weighted by atomic mass is 9.99. The Labute approximate surface area is 161 Å². The Morgan fingerprint density at radius 3 is 2.18 bits per heavy atom. The molecule has 0 aliphatic heterocycles. The number of rotatable bonds is 5. The summed E-state index contributed by atoms with van der Waals surface area (Å²) in [5.41, 5.74) is 13.4. The van der Waals surface area contributed by atoms with Gasteiger partial charge < -0.3 is 21.5 Å². The second-order valence-corrected chi connectivity index (χ2v) is 5.94. The van der Waals surface area contributed by atoms with Crippen molar-refractivity contribution in [1.29, 1.82) is 5.41 Å². The van der Waals surface area contributed by atoms with Crippen LogP contribution in [-0.4, -0.2) is 17.8 Å². The average molecular weight is 374 g/mol. The van der Waals surface area contributed by atoms with Crippen LogP contribution in [0.25, 0.3) is 11.1 Å². The maximum Gasteiger partial charge on any atom is 0.343 e. The monoisotopic (exact) mass is 374 g/mol. The molecule has 0 aromatic heterocycles. The first-order valence-corrected chi connectivity index (χ1v) is 8.36. The van der Waals surface area contributed by atoms with Gasteiger partial charge in [0.25, 0.3) is 0 Å². The summed E-state index contributed by atoms with van der Waals surface area (Å²) in [7, 11) is 0. The first-order valence-electron chi connectivity index (χ1n) is 8.36. The lowest BCUT2D eigenvalue weighted by Crippen LogP contribution is -2.20. The molecule has 28 heavy (non-hydrogen) atoms. The van der Waals surface area contributed by atoms with E-state index in [0.717, 1.165) is 5.56 Å². The molecule has 3 aromatic carbocycles. The fourth-order valence-corrected chi connectivity index (χ4v) is 2.67. The van der Waals surface area contributed by atoms with E-state index in [-0.39, 0.29) is 17.3 Å². The first-order chi connectivity index (χ1) is 13.4. The van der Waals surface area contributed by atoms with Crippen LogP contribution in [0.15, 0.2) is 72.8 Å². The van der Waals surface area contributed by atoms with Gasteiger partial charge in [-0.2, -0.15) is 0 Å². The number of carbonyl (C=O) groups excluding carboxylic acids is 2. The number of anilines is 1. The molecule has 140 valence electrons. The number of nitrogens with one attached hydrogen (secondary N) is 2. The Balaban J connectivity index is 1.82. The Morgan fingerprint density at radius 1 is 0.893 bits per heavy atom. The second-order valence-electron chi connectivity index (χ2n) is 5.94. The van der Waals surface area contributed by atoms with Gasteiger partial charge in [0.1, 0.15) is 5.75 Å². The molecule has 0 fully saturated rings. The molecule has 0 radical (unpaired) electrons. The van der Waals surface area contributed by atoms with Gasteiger partial charge in [-0.1, -0.05) is 30.3 Å². The highest BCUT2D eigenvalue weighted by Gasteiger charge is 2.14. The maximum atomic E-state index is 12.4. The number of guanidine groups is 1. The second kappa shape index (κ2) is 8.05. The molecule has 0 unspecified atom stereocenters. The van der Waals surface area contributed by atoms with Crippen molar-refractivity contribution in [2.45, 2.75) is 0 Å². The normalized spacial score (nSPS) is 10.1.